The molecule has 0 radical (unpaired) electrons. The number of piperidine rings is 1. The molecule has 3 aliphatic heterocycles. The molecule has 0 spiro atoms. The first-order valence-electron chi connectivity index (χ1n) is 12.1. The molecule has 0 saturated carbocycles. The summed E-state index contributed by atoms with van der Waals surface area (Å²) in [5.74, 6) is 1.26. The SMILES string of the molecule is O=C1OCCN1C1CCN(Cc2cnc3cc(Oc4ccc(C5=CC=NC5)cn4)ccc3c2)CC1. The van der Waals surface area contributed by atoms with E-state index in [2.05, 4.69) is 25.9 Å². The van der Waals surface area contributed by atoms with Crippen molar-refractivity contribution in [1.29, 1.82) is 0 Å². The first-order valence-corrected chi connectivity index (χ1v) is 12.1. The molecular weight excluding hydrogens is 442 g/mol. The molecule has 5 heterocycles. The minimum atomic E-state index is -0.157. The number of rotatable bonds is 6. The molecule has 3 aliphatic rings. The Balaban J connectivity index is 1.07. The maximum atomic E-state index is 11.8. The predicted molar refractivity (Wildman–Crippen MR) is 134 cm³/mol. The van der Waals surface area contributed by atoms with E-state index in [0.717, 1.165) is 61.1 Å². The summed E-state index contributed by atoms with van der Waals surface area (Å²) in [5, 5.41) is 1.08. The van der Waals surface area contributed by atoms with E-state index in [-0.39, 0.29) is 6.09 Å². The number of allylic oxidation sites excluding steroid dienone is 1. The Morgan fingerprint density at radius 1 is 1.03 bits per heavy atom. The fourth-order valence-corrected chi connectivity index (χ4v) is 4.97. The maximum absolute atomic E-state index is 11.8. The van der Waals surface area contributed by atoms with Crippen LogP contribution in [-0.2, 0) is 11.3 Å². The number of amides is 1. The summed E-state index contributed by atoms with van der Waals surface area (Å²) in [5.41, 5.74) is 4.30. The number of ether oxygens (including phenoxy) is 2. The van der Waals surface area contributed by atoms with Gasteiger partial charge in [-0.05, 0) is 59.9 Å². The number of hydrogen-bond acceptors (Lipinski definition) is 7. The lowest BCUT2D eigenvalue weighted by Gasteiger charge is -2.35. The van der Waals surface area contributed by atoms with Crippen molar-refractivity contribution in [1.82, 2.24) is 19.8 Å². The number of carbonyl (C=O) groups excluding carboxylic acids is 1. The fraction of sp³-hybridized carbons (Fsp3) is 0.333. The molecule has 3 aromatic rings. The number of pyridine rings is 2. The van der Waals surface area contributed by atoms with Crippen molar-refractivity contribution >= 4 is 28.8 Å². The van der Waals surface area contributed by atoms with Gasteiger partial charge in [-0.25, -0.2) is 9.78 Å². The van der Waals surface area contributed by atoms with E-state index < -0.39 is 0 Å². The molecule has 8 nitrogen and oxygen atoms in total. The molecule has 1 amide bonds. The molecule has 0 unspecified atom stereocenters. The van der Waals surface area contributed by atoms with E-state index in [1.54, 1.807) is 0 Å². The Labute approximate surface area is 203 Å². The number of hydrogen-bond donors (Lipinski definition) is 0. The second-order valence-electron chi connectivity index (χ2n) is 9.18. The molecule has 0 atom stereocenters. The molecule has 2 saturated heterocycles. The van der Waals surface area contributed by atoms with Crippen molar-refractivity contribution in [2.45, 2.75) is 25.4 Å². The minimum absolute atomic E-state index is 0.157. The first kappa shape index (κ1) is 21.7. The zero-order valence-electron chi connectivity index (χ0n) is 19.5. The Kier molecular flexibility index (Phi) is 5.88. The Bertz CT molecular complexity index is 1300. The van der Waals surface area contributed by atoms with Gasteiger partial charge in [0.2, 0.25) is 5.88 Å². The van der Waals surface area contributed by atoms with Gasteiger partial charge in [0, 0.05) is 61.8 Å². The van der Waals surface area contributed by atoms with Crippen molar-refractivity contribution in [3.05, 3.63) is 66.0 Å². The van der Waals surface area contributed by atoms with Crippen LogP contribution in [0.5, 0.6) is 11.6 Å². The van der Waals surface area contributed by atoms with Gasteiger partial charge in [-0.15, -0.1) is 0 Å². The van der Waals surface area contributed by atoms with Gasteiger partial charge in [-0.1, -0.05) is 0 Å². The third-order valence-corrected chi connectivity index (χ3v) is 6.88. The van der Waals surface area contributed by atoms with Crippen LogP contribution in [0.15, 0.2) is 59.9 Å². The van der Waals surface area contributed by atoms with Crippen LogP contribution >= 0.6 is 0 Å². The molecule has 0 bridgehead atoms. The van der Waals surface area contributed by atoms with Gasteiger partial charge >= 0.3 is 6.09 Å². The molecule has 2 aromatic heterocycles. The summed E-state index contributed by atoms with van der Waals surface area (Å²) in [6, 6.07) is 12.3. The normalized spacial score (nSPS) is 18.8. The quantitative estimate of drug-likeness (QED) is 0.535. The van der Waals surface area contributed by atoms with Crippen LogP contribution < -0.4 is 4.74 Å². The molecule has 178 valence electrons. The molecule has 1 aromatic carbocycles. The van der Waals surface area contributed by atoms with E-state index in [0.29, 0.717) is 30.8 Å². The summed E-state index contributed by atoms with van der Waals surface area (Å²) in [7, 11) is 0. The van der Waals surface area contributed by atoms with Gasteiger partial charge < -0.3 is 14.4 Å². The van der Waals surface area contributed by atoms with Gasteiger partial charge in [0.05, 0.1) is 18.6 Å². The van der Waals surface area contributed by atoms with Gasteiger partial charge in [0.15, 0.2) is 0 Å². The smallest absolute Gasteiger partial charge is 0.410 e. The van der Waals surface area contributed by atoms with Gasteiger partial charge in [-0.2, -0.15) is 0 Å². The van der Waals surface area contributed by atoms with E-state index >= 15 is 0 Å². The predicted octanol–water partition coefficient (Wildman–Crippen LogP) is 4.31. The standard InChI is InChI=1S/C27H27N5O3/c33-27-32(11-12-34-27)23-6-9-31(10-7-23)18-19-13-20-1-3-24(14-25(20)29-15-19)35-26-4-2-21(17-30-26)22-5-8-28-16-22/h1-5,8,13-15,17,23H,6-7,9-12,16,18H2. The molecule has 6 rings (SSSR count). The van der Waals surface area contributed by atoms with Crippen molar-refractivity contribution < 1.29 is 14.3 Å². The van der Waals surface area contributed by atoms with E-state index in [1.165, 1.54) is 5.56 Å². The van der Waals surface area contributed by atoms with Crippen molar-refractivity contribution in [2.75, 3.05) is 32.8 Å². The summed E-state index contributed by atoms with van der Waals surface area (Å²) in [4.78, 5) is 29.5. The van der Waals surface area contributed by atoms with Crippen LogP contribution in [0.1, 0.15) is 24.0 Å². The lowest BCUT2D eigenvalue weighted by Crippen LogP contribution is -2.45. The summed E-state index contributed by atoms with van der Waals surface area (Å²) in [6.07, 6.45) is 9.41. The van der Waals surface area contributed by atoms with Crippen LogP contribution in [-0.4, -0.2) is 70.9 Å². The molecular formula is C27H27N5O3. The highest BCUT2D eigenvalue weighted by Crippen LogP contribution is 2.27. The number of benzene rings is 1. The van der Waals surface area contributed by atoms with Gasteiger partial charge in [0.1, 0.15) is 12.4 Å². The number of aliphatic imine (C=N–C) groups is 1. The van der Waals surface area contributed by atoms with Crippen LogP contribution in [0.25, 0.3) is 16.5 Å². The van der Waals surface area contributed by atoms with E-state index in [4.69, 9.17) is 9.47 Å². The third kappa shape index (κ3) is 4.74. The zero-order chi connectivity index (χ0) is 23.6. The molecule has 0 N–H and O–H groups in total. The number of cyclic esters (lactones) is 1. The number of fused-ring (bicyclic) bond motifs is 1. The van der Waals surface area contributed by atoms with Gasteiger partial charge in [0.25, 0.3) is 0 Å². The van der Waals surface area contributed by atoms with E-state index in [9.17, 15) is 4.79 Å². The minimum Gasteiger partial charge on any atom is -0.448 e. The molecule has 8 heteroatoms. The van der Waals surface area contributed by atoms with Crippen LogP contribution in [0.3, 0.4) is 0 Å². The second-order valence-corrected chi connectivity index (χ2v) is 9.18. The number of carbonyl (C=O) groups is 1. The van der Waals surface area contributed by atoms with Crippen molar-refractivity contribution in [2.24, 2.45) is 4.99 Å². The van der Waals surface area contributed by atoms with Crippen LogP contribution in [0.4, 0.5) is 4.79 Å². The number of likely N-dealkylation sites (tertiary alicyclic amines) is 1. The molecule has 35 heavy (non-hydrogen) atoms. The average molecular weight is 470 g/mol. The van der Waals surface area contributed by atoms with Crippen LogP contribution in [0.2, 0.25) is 0 Å². The maximum Gasteiger partial charge on any atom is 0.410 e. The number of aromatic nitrogens is 2. The first-order chi connectivity index (χ1) is 17.2. The Hall–Kier alpha value is -3.78. The highest BCUT2D eigenvalue weighted by Gasteiger charge is 2.32. The van der Waals surface area contributed by atoms with Crippen molar-refractivity contribution in [3.8, 4) is 11.6 Å². The lowest BCUT2D eigenvalue weighted by atomic mass is 10.0. The van der Waals surface area contributed by atoms with Crippen molar-refractivity contribution in [3.63, 3.8) is 0 Å². The molecule has 0 aliphatic carbocycles. The fourth-order valence-electron chi connectivity index (χ4n) is 4.97. The van der Waals surface area contributed by atoms with Crippen LogP contribution in [0, 0.1) is 0 Å². The average Bonchev–Trinajstić information content (AvgIpc) is 3.57. The monoisotopic (exact) mass is 469 g/mol. The Morgan fingerprint density at radius 3 is 2.69 bits per heavy atom. The Morgan fingerprint density at radius 2 is 1.94 bits per heavy atom. The van der Waals surface area contributed by atoms with E-state index in [1.807, 2.05) is 59.9 Å². The topological polar surface area (TPSA) is 80.2 Å². The molecule has 2 fully saturated rings. The zero-order valence-corrected chi connectivity index (χ0v) is 19.5. The lowest BCUT2D eigenvalue weighted by molar-refractivity contribution is 0.115. The van der Waals surface area contributed by atoms with Gasteiger partial charge in [-0.3, -0.25) is 14.9 Å². The second kappa shape index (κ2) is 9.46. The highest BCUT2D eigenvalue weighted by molar-refractivity contribution is 5.89. The summed E-state index contributed by atoms with van der Waals surface area (Å²) in [6.45, 7) is 4.73. The summed E-state index contributed by atoms with van der Waals surface area (Å²) < 4.78 is 11.1. The third-order valence-electron chi connectivity index (χ3n) is 6.88. The largest absolute Gasteiger partial charge is 0.448 e. The highest BCUT2D eigenvalue weighted by atomic mass is 16.6. The number of nitrogens with zero attached hydrogens (tertiary/aromatic N) is 5. The summed E-state index contributed by atoms with van der Waals surface area (Å²) >= 11 is 0.